The van der Waals surface area contributed by atoms with Crippen molar-refractivity contribution in [3.05, 3.63) is 10.1 Å². The van der Waals surface area contributed by atoms with Gasteiger partial charge in [-0.1, -0.05) is 0 Å². The average Bonchev–Trinajstić information content (AvgIpc) is 2.03. The first-order chi connectivity index (χ1) is 6.11. The average molecular weight is 188 g/mol. The fourth-order valence-corrected chi connectivity index (χ4v) is 1.42. The van der Waals surface area contributed by atoms with Gasteiger partial charge in [-0.2, -0.15) is 0 Å². The van der Waals surface area contributed by atoms with Crippen molar-refractivity contribution < 1.29 is 9.83 Å². The predicted octanol–water partition coefficient (Wildman–Crippen LogP) is -0.342. The van der Waals surface area contributed by atoms with E-state index in [1.807, 2.05) is 0 Å². The summed E-state index contributed by atoms with van der Waals surface area (Å²) in [5.41, 5.74) is 4.89. The lowest BCUT2D eigenvalue weighted by Crippen LogP contribution is -2.54. The van der Waals surface area contributed by atoms with E-state index in [-0.39, 0.29) is 0 Å². The standard InChI is InChI=1S/C6H12N4O3/c7-6(11)8-5-3-1-2-4-9(5)10(12)13/h5H,1-4H2,(H3,7,8,11). The molecule has 0 aromatic rings. The highest BCUT2D eigenvalue weighted by molar-refractivity contribution is 5.71. The Bertz CT molecular complexity index is 220. The van der Waals surface area contributed by atoms with Crippen LogP contribution in [0.1, 0.15) is 19.3 Å². The number of rotatable bonds is 2. The maximum atomic E-state index is 10.5. The molecule has 1 aliphatic heterocycles. The fraction of sp³-hybridized carbons (Fsp3) is 0.833. The van der Waals surface area contributed by atoms with Gasteiger partial charge in [-0.15, -0.1) is 5.01 Å². The number of hydrogen-bond acceptors (Lipinski definition) is 3. The fourth-order valence-electron chi connectivity index (χ4n) is 1.42. The zero-order valence-corrected chi connectivity index (χ0v) is 7.10. The van der Waals surface area contributed by atoms with Crippen molar-refractivity contribution in [2.75, 3.05) is 6.54 Å². The summed E-state index contributed by atoms with van der Waals surface area (Å²) >= 11 is 0. The van der Waals surface area contributed by atoms with Gasteiger partial charge < -0.3 is 11.1 Å². The topological polar surface area (TPSA) is 102 Å². The van der Waals surface area contributed by atoms with Crippen LogP contribution in [0, 0.1) is 10.1 Å². The molecular weight excluding hydrogens is 176 g/mol. The second-order valence-electron chi connectivity index (χ2n) is 2.92. The zero-order valence-electron chi connectivity index (χ0n) is 7.10. The second kappa shape index (κ2) is 3.92. The first-order valence-corrected chi connectivity index (χ1v) is 4.08. The molecule has 7 heteroatoms. The molecule has 1 heterocycles. The van der Waals surface area contributed by atoms with Crippen LogP contribution >= 0.6 is 0 Å². The zero-order chi connectivity index (χ0) is 9.84. The summed E-state index contributed by atoms with van der Waals surface area (Å²) in [5, 5.41) is 13.3. The van der Waals surface area contributed by atoms with Gasteiger partial charge in [0.25, 0.3) is 0 Å². The Balaban J connectivity index is 2.56. The highest BCUT2D eigenvalue weighted by Gasteiger charge is 2.30. The van der Waals surface area contributed by atoms with Crippen molar-refractivity contribution in [3.63, 3.8) is 0 Å². The Morgan fingerprint density at radius 3 is 2.85 bits per heavy atom. The number of nitrogens with two attached hydrogens (primary N) is 1. The number of nitrogens with one attached hydrogen (secondary N) is 1. The summed E-state index contributed by atoms with van der Waals surface area (Å²) in [6.45, 7) is 0.359. The van der Waals surface area contributed by atoms with Crippen LogP contribution in [-0.4, -0.2) is 28.8 Å². The molecule has 0 aromatic carbocycles. The van der Waals surface area contributed by atoms with Crippen LogP contribution in [0.5, 0.6) is 0 Å². The third-order valence-electron chi connectivity index (χ3n) is 1.99. The molecule has 7 nitrogen and oxygen atoms in total. The monoisotopic (exact) mass is 188 g/mol. The number of amides is 2. The summed E-state index contributed by atoms with van der Waals surface area (Å²) < 4.78 is 0. The van der Waals surface area contributed by atoms with E-state index in [0.29, 0.717) is 13.0 Å². The number of hydrazine groups is 1. The number of urea groups is 1. The second-order valence-corrected chi connectivity index (χ2v) is 2.92. The van der Waals surface area contributed by atoms with Gasteiger partial charge in [0.1, 0.15) is 0 Å². The third kappa shape index (κ3) is 2.46. The molecule has 3 N–H and O–H groups in total. The van der Waals surface area contributed by atoms with Crippen LogP contribution in [0.25, 0.3) is 0 Å². The van der Waals surface area contributed by atoms with Gasteiger partial charge in [-0.05, 0) is 19.3 Å². The molecule has 1 atom stereocenters. The molecule has 0 radical (unpaired) electrons. The van der Waals surface area contributed by atoms with Gasteiger partial charge in [0.05, 0.1) is 6.54 Å². The van der Waals surface area contributed by atoms with E-state index in [9.17, 15) is 14.9 Å². The molecule has 1 aliphatic rings. The third-order valence-corrected chi connectivity index (χ3v) is 1.99. The number of carbonyl (C=O) groups is 1. The normalized spacial score (nSPS) is 22.5. The van der Waals surface area contributed by atoms with E-state index >= 15 is 0 Å². The minimum Gasteiger partial charge on any atom is -0.352 e. The summed E-state index contributed by atoms with van der Waals surface area (Å²) in [5.74, 6) is 0. The number of nitrogens with zero attached hydrogens (tertiary/aromatic N) is 2. The minimum atomic E-state index is -0.723. The highest BCUT2D eigenvalue weighted by atomic mass is 16.7. The molecule has 1 unspecified atom stereocenters. The Labute approximate surface area is 75.0 Å². The van der Waals surface area contributed by atoms with E-state index in [4.69, 9.17) is 5.73 Å². The molecule has 2 amide bonds. The van der Waals surface area contributed by atoms with Gasteiger partial charge in [0.2, 0.25) is 0 Å². The maximum absolute atomic E-state index is 10.5. The van der Waals surface area contributed by atoms with E-state index in [2.05, 4.69) is 5.32 Å². The number of hydrogen-bond donors (Lipinski definition) is 2. The summed E-state index contributed by atoms with van der Waals surface area (Å²) in [6, 6.07) is -0.723. The molecule has 1 rings (SSSR count). The lowest BCUT2D eigenvalue weighted by molar-refractivity contribution is -0.667. The van der Waals surface area contributed by atoms with Crippen molar-refractivity contribution >= 4 is 6.03 Å². The van der Waals surface area contributed by atoms with E-state index in [1.165, 1.54) is 0 Å². The predicted molar refractivity (Wildman–Crippen MR) is 44.1 cm³/mol. The Morgan fingerprint density at radius 1 is 1.62 bits per heavy atom. The number of carbonyl (C=O) groups excluding carboxylic acids is 1. The molecule has 0 aliphatic carbocycles. The minimum absolute atomic E-state index is 0.359. The van der Waals surface area contributed by atoms with Gasteiger partial charge in [0.15, 0.2) is 11.2 Å². The van der Waals surface area contributed by atoms with Gasteiger partial charge in [-0.3, -0.25) is 0 Å². The summed E-state index contributed by atoms with van der Waals surface area (Å²) in [6.07, 6.45) is 1.66. The summed E-state index contributed by atoms with van der Waals surface area (Å²) in [7, 11) is 0. The highest BCUT2D eigenvalue weighted by Crippen LogP contribution is 2.14. The smallest absolute Gasteiger partial charge is 0.313 e. The van der Waals surface area contributed by atoms with Crippen LogP contribution in [0.15, 0.2) is 0 Å². The van der Waals surface area contributed by atoms with Crippen molar-refractivity contribution in [1.82, 2.24) is 10.3 Å². The van der Waals surface area contributed by atoms with Crippen LogP contribution in [-0.2, 0) is 0 Å². The van der Waals surface area contributed by atoms with Crippen LogP contribution < -0.4 is 11.1 Å². The lowest BCUT2D eigenvalue weighted by Gasteiger charge is -2.28. The van der Waals surface area contributed by atoms with Gasteiger partial charge in [-0.25, -0.2) is 14.9 Å². The van der Waals surface area contributed by atoms with E-state index in [1.54, 1.807) is 0 Å². The molecule has 13 heavy (non-hydrogen) atoms. The largest absolute Gasteiger partial charge is 0.352 e. The maximum Gasteiger partial charge on any atom is 0.313 e. The Kier molecular flexibility index (Phi) is 2.88. The van der Waals surface area contributed by atoms with Crippen LogP contribution in [0.4, 0.5) is 4.79 Å². The quantitative estimate of drug-likeness (QED) is 0.457. The van der Waals surface area contributed by atoms with Crippen molar-refractivity contribution in [2.45, 2.75) is 25.4 Å². The molecule has 0 aromatic heterocycles. The SMILES string of the molecule is NC(=O)NC1CCCCN1[N+](=O)[O-]. The Hall–Kier alpha value is -1.53. The van der Waals surface area contributed by atoms with Gasteiger partial charge in [0, 0.05) is 0 Å². The molecule has 1 saturated heterocycles. The van der Waals surface area contributed by atoms with E-state index < -0.39 is 17.2 Å². The first-order valence-electron chi connectivity index (χ1n) is 4.08. The van der Waals surface area contributed by atoms with Crippen LogP contribution in [0.3, 0.4) is 0 Å². The van der Waals surface area contributed by atoms with Crippen molar-refractivity contribution in [2.24, 2.45) is 5.73 Å². The van der Waals surface area contributed by atoms with Crippen molar-refractivity contribution in [3.8, 4) is 0 Å². The summed E-state index contributed by atoms with van der Waals surface area (Å²) in [4.78, 5) is 21.0. The molecule has 1 fully saturated rings. The number of nitro groups is 1. The molecule has 74 valence electrons. The van der Waals surface area contributed by atoms with Crippen LogP contribution in [0.2, 0.25) is 0 Å². The molecular formula is C6H12N4O3. The number of piperidine rings is 1. The number of primary amides is 1. The molecule has 0 bridgehead atoms. The van der Waals surface area contributed by atoms with Crippen molar-refractivity contribution in [1.29, 1.82) is 0 Å². The molecule has 0 spiro atoms. The molecule has 0 saturated carbocycles. The van der Waals surface area contributed by atoms with Gasteiger partial charge >= 0.3 is 6.03 Å². The van der Waals surface area contributed by atoms with E-state index in [0.717, 1.165) is 17.9 Å². The first kappa shape index (κ1) is 9.56. The Morgan fingerprint density at radius 2 is 2.31 bits per heavy atom. The lowest BCUT2D eigenvalue weighted by atomic mass is 10.1.